The van der Waals surface area contributed by atoms with Gasteiger partial charge in [-0.15, -0.1) is 0 Å². The van der Waals surface area contributed by atoms with Gasteiger partial charge in [-0.25, -0.2) is 0 Å². The fourth-order valence-electron chi connectivity index (χ4n) is 1.63. The van der Waals surface area contributed by atoms with E-state index in [1.165, 1.54) is 0 Å². The first-order chi connectivity index (χ1) is 8.04. The van der Waals surface area contributed by atoms with Crippen molar-refractivity contribution in [2.75, 3.05) is 33.9 Å². The maximum absolute atomic E-state index is 11.8. The Kier molecular flexibility index (Phi) is 9.03. The minimum atomic E-state index is -0.116. The molecule has 0 aromatic heterocycles. The molecule has 0 bridgehead atoms. The van der Waals surface area contributed by atoms with Gasteiger partial charge >= 0.3 is 0 Å². The maximum Gasteiger partial charge on any atom is 0.224 e. The zero-order valence-electron chi connectivity index (χ0n) is 11.4. The van der Waals surface area contributed by atoms with Crippen LogP contribution in [0.15, 0.2) is 0 Å². The van der Waals surface area contributed by atoms with Crippen LogP contribution in [-0.2, 0) is 14.3 Å². The second-order valence-electron chi connectivity index (χ2n) is 4.62. The van der Waals surface area contributed by atoms with E-state index in [2.05, 4.69) is 19.2 Å². The number of methoxy groups -OCH3 is 2. The van der Waals surface area contributed by atoms with E-state index in [-0.39, 0.29) is 17.9 Å². The SMILES string of the molecule is COCC(CNC(=O)C(CN)CC(C)C)OC. The first-order valence-corrected chi connectivity index (χ1v) is 6.04. The molecule has 0 aromatic carbocycles. The molecule has 3 N–H and O–H groups in total. The van der Waals surface area contributed by atoms with E-state index in [1.54, 1.807) is 14.2 Å². The zero-order chi connectivity index (χ0) is 13.3. The van der Waals surface area contributed by atoms with Gasteiger partial charge in [-0.05, 0) is 12.3 Å². The molecule has 0 aliphatic heterocycles. The molecule has 102 valence electrons. The quantitative estimate of drug-likeness (QED) is 0.617. The topological polar surface area (TPSA) is 73.6 Å². The van der Waals surface area contributed by atoms with Crippen molar-refractivity contribution in [1.29, 1.82) is 0 Å². The molecule has 0 aliphatic carbocycles. The fourth-order valence-corrected chi connectivity index (χ4v) is 1.63. The summed E-state index contributed by atoms with van der Waals surface area (Å²) < 4.78 is 10.1. The second kappa shape index (κ2) is 9.39. The van der Waals surface area contributed by atoms with Gasteiger partial charge in [0.1, 0.15) is 0 Å². The molecule has 1 amide bonds. The van der Waals surface area contributed by atoms with Crippen molar-refractivity contribution in [3.63, 3.8) is 0 Å². The van der Waals surface area contributed by atoms with Crippen molar-refractivity contribution in [2.45, 2.75) is 26.4 Å². The summed E-state index contributed by atoms with van der Waals surface area (Å²) in [7, 11) is 3.21. The van der Waals surface area contributed by atoms with Crippen molar-refractivity contribution < 1.29 is 14.3 Å². The van der Waals surface area contributed by atoms with Gasteiger partial charge in [-0.2, -0.15) is 0 Å². The lowest BCUT2D eigenvalue weighted by atomic mass is 9.96. The highest BCUT2D eigenvalue weighted by molar-refractivity contribution is 5.78. The number of hydrogen-bond donors (Lipinski definition) is 2. The monoisotopic (exact) mass is 246 g/mol. The Morgan fingerprint density at radius 2 is 2.00 bits per heavy atom. The maximum atomic E-state index is 11.8. The van der Waals surface area contributed by atoms with E-state index >= 15 is 0 Å². The van der Waals surface area contributed by atoms with Crippen LogP contribution in [0.4, 0.5) is 0 Å². The Morgan fingerprint density at radius 1 is 1.35 bits per heavy atom. The number of nitrogens with one attached hydrogen (secondary N) is 1. The normalized spacial score (nSPS) is 14.7. The summed E-state index contributed by atoms with van der Waals surface area (Å²) in [6.07, 6.45) is 0.700. The van der Waals surface area contributed by atoms with Gasteiger partial charge in [0.05, 0.1) is 18.6 Å². The summed E-state index contributed by atoms with van der Waals surface area (Å²) in [5.41, 5.74) is 5.60. The molecule has 0 saturated heterocycles. The Bertz CT molecular complexity index is 210. The molecule has 17 heavy (non-hydrogen) atoms. The van der Waals surface area contributed by atoms with Crippen molar-refractivity contribution in [2.24, 2.45) is 17.6 Å². The number of amides is 1. The van der Waals surface area contributed by atoms with Crippen molar-refractivity contribution in [1.82, 2.24) is 5.32 Å². The zero-order valence-corrected chi connectivity index (χ0v) is 11.4. The molecule has 5 nitrogen and oxygen atoms in total. The van der Waals surface area contributed by atoms with Gasteiger partial charge in [0, 0.05) is 27.3 Å². The van der Waals surface area contributed by atoms with E-state index in [0.29, 0.717) is 25.6 Å². The molecular weight excluding hydrogens is 220 g/mol. The van der Waals surface area contributed by atoms with Crippen LogP contribution < -0.4 is 11.1 Å². The summed E-state index contributed by atoms with van der Waals surface area (Å²) in [5.74, 6) is 0.348. The minimum absolute atomic E-state index is 0.000599. The highest BCUT2D eigenvalue weighted by atomic mass is 16.5. The van der Waals surface area contributed by atoms with Crippen LogP contribution in [0.25, 0.3) is 0 Å². The van der Waals surface area contributed by atoms with Gasteiger partial charge in [0.15, 0.2) is 0 Å². The molecule has 5 heteroatoms. The summed E-state index contributed by atoms with van der Waals surface area (Å²) in [6.45, 7) is 5.47. The van der Waals surface area contributed by atoms with Crippen molar-refractivity contribution in [3.05, 3.63) is 0 Å². The summed E-state index contributed by atoms with van der Waals surface area (Å²) in [5, 5.41) is 2.85. The number of carbonyl (C=O) groups excluding carboxylic acids is 1. The third-order valence-corrected chi connectivity index (χ3v) is 2.60. The van der Waals surface area contributed by atoms with Crippen LogP contribution in [0.5, 0.6) is 0 Å². The average molecular weight is 246 g/mol. The third kappa shape index (κ3) is 7.31. The summed E-state index contributed by atoms with van der Waals surface area (Å²) in [6, 6.07) is 0. The van der Waals surface area contributed by atoms with Crippen LogP contribution in [0.3, 0.4) is 0 Å². The second-order valence-corrected chi connectivity index (χ2v) is 4.62. The number of ether oxygens (including phenoxy) is 2. The van der Waals surface area contributed by atoms with E-state index in [0.717, 1.165) is 6.42 Å². The first kappa shape index (κ1) is 16.4. The molecule has 0 saturated carbocycles. The van der Waals surface area contributed by atoms with Gasteiger partial charge < -0.3 is 20.5 Å². The van der Waals surface area contributed by atoms with E-state index in [4.69, 9.17) is 15.2 Å². The highest BCUT2D eigenvalue weighted by Crippen LogP contribution is 2.10. The van der Waals surface area contributed by atoms with Crippen LogP contribution in [0.2, 0.25) is 0 Å². The average Bonchev–Trinajstić information content (AvgIpc) is 2.30. The number of nitrogens with two attached hydrogens (primary N) is 1. The Hall–Kier alpha value is -0.650. The van der Waals surface area contributed by atoms with Gasteiger partial charge in [0.2, 0.25) is 5.91 Å². The molecule has 2 atom stereocenters. The molecule has 0 fully saturated rings. The van der Waals surface area contributed by atoms with Crippen LogP contribution in [-0.4, -0.2) is 45.9 Å². The predicted molar refractivity (Wildman–Crippen MR) is 67.7 cm³/mol. The lowest BCUT2D eigenvalue weighted by Crippen LogP contribution is -2.41. The number of hydrogen-bond acceptors (Lipinski definition) is 4. The molecule has 0 aliphatic rings. The summed E-state index contributed by atoms with van der Waals surface area (Å²) in [4.78, 5) is 11.8. The fraction of sp³-hybridized carbons (Fsp3) is 0.917. The van der Waals surface area contributed by atoms with Gasteiger partial charge in [-0.3, -0.25) is 4.79 Å². The Morgan fingerprint density at radius 3 is 2.41 bits per heavy atom. The molecule has 0 rings (SSSR count). The van der Waals surface area contributed by atoms with Crippen LogP contribution in [0, 0.1) is 11.8 Å². The van der Waals surface area contributed by atoms with E-state index < -0.39 is 0 Å². The predicted octanol–water partition coefficient (Wildman–Crippen LogP) is 0.385. The van der Waals surface area contributed by atoms with Crippen LogP contribution in [0.1, 0.15) is 20.3 Å². The Balaban J connectivity index is 4.04. The highest BCUT2D eigenvalue weighted by Gasteiger charge is 2.19. The van der Waals surface area contributed by atoms with Crippen LogP contribution >= 0.6 is 0 Å². The molecular formula is C12H26N2O3. The number of rotatable bonds is 9. The standard InChI is InChI=1S/C12H26N2O3/c1-9(2)5-10(6-13)12(15)14-7-11(17-4)8-16-3/h9-11H,5-8,13H2,1-4H3,(H,14,15). The van der Waals surface area contributed by atoms with Crippen molar-refractivity contribution >= 4 is 5.91 Å². The van der Waals surface area contributed by atoms with Gasteiger partial charge in [-0.1, -0.05) is 13.8 Å². The lowest BCUT2D eigenvalue weighted by Gasteiger charge is -2.19. The number of carbonyl (C=O) groups is 1. The largest absolute Gasteiger partial charge is 0.382 e. The third-order valence-electron chi connectivity index (χ3n) is 2.60. The molecule has 0 spiro atoms. The molecule has 0 aromatic rings. The summed E-state index contributed by atoms with van der Waals surface area (Å²) >= 11 is 0. The molecule has 2 unspecified atom stereocenters. The van der Waals surface area contributed by atoms with E-state index in [9.17, 15) is 4.79 Å². The van der Waals surface area contributed by atoms with Gasteiger partial charge in [0.25, 0.3) is 0 Å². The minimum Gasteiger partial charge on any atom is -0.382 e. The Labute approximate surface area is 104 Å². The lowest BCUT2D eigenvalue weighted by molar-refractivity contribution is -0.126. The van der Waals surface area contributed by atoms with Crippen molar-refractivity contribution in [3.8, 4) is 0 Å². The molecule has 0 heterocycles. The van der Waals surface area contributed by atoms with E-state index in [1.807, 2.05) is 0 Å². The first-order valence-electron chi connectivity index (χ1n) is 6.04. The molecule has 0 radical (unpaired) electrons. The smallest absolute Gasteiger partial charge is 0.224 e.